The van der Waals surface area contributed by atoms with E-state index in [1.54, 1.807) is 16.2 Å². The molecule has 0 aliphatic carbocycles. The summed E-state index contributed by atoms with van der Waals surface area (Å²) in [6.45, 7) is 1.24. The van der Waals surface area contributed by atoms with Crippen molar-refractivity contribution >= 4 is 33.2 Å². The van der Waals surface area contributed by atoms with E-state index in [0.29, 0.717) is 18.7 Å². The molecule has 0 saturated carbocycles. The molecule has 0 spiro atoms. The molecule has 5 heteroatoms. The zero-order valence-electron chi connectivity index (χ0n) is 11.3. The third-order valence-electron chi connectivity index (χ3n) is 3.02. The normalized spacial score (nSPS) is 10.6. The van der Waals surface area contributed by atoms with Gasteiger partial charge in [0.15, 0.2) is 0 Å². The van der Waals surface area contributed by atoms with Gasteiger partial charge in [-0.1, -0.05) is 12.1 Å². The highest BCUT2D eigenvalue weighted by atomic mass is 79.9. The minimum atomic E-state index is 0.0339. The van der Waals surface area contributed by atoms with E-state index < -0.39 is 0 Å². The number of nitrogens with zero attached hydrogens (tertiary/aromatic N) is 1. The number of hydrogen-bond donors (Lipinski definition) is 1. The molecule has 0 unspecified atom stereocenters. The van der Waals surface area contributed by atoms with Gasteiger partial charge in [-0.15, -0.1) is 11.3 Å². The van der Waals surface area contributed by atoms with Crippen molar-refractivity contribution in [1.82, 2.24) is 4.90 Å². The van der Waals surface area contributed by atoms with E-state index in [2.05, 4.69) is 21.3 Å². The van der Waals surface area contributed by atoms with Crippen molar-refractivity contribution in [2.24, 2.45) is 5.73 Å². The molecule has 20 heavy (non-hydrogen) atoms. The average Bonchev–Trinajstić information content (AvgIpc) is 2.84. The molecule has 0 fully saturated rings. The predicted molar refractivity (Wildman–Crippen MR) is 87.0 cm³/mol. The van der Waals surface area contributed by atoms with Crippen LogP contribution >= 0.6 is 27.3 Å². The molecule has 3 nitrogen and oxygen atoms in total. The van der Waals surface area contributed by atoms with E-state index >= 15 is 0 Å². The SMILES string of the molecule is CN(Cc1csc(Br)c1)C(=O)c1ccc(CCN)cc1. The Morgan fingerprint density at radius 1 is 1.30 bits per heavy atom. The van der Waals surface area contributed by atoms with Crippen LogP contribution < -0.4 is 5.73 Å². The van der Waals surface area contributed by atoms with Gasteiger partial charge in [-0.25, -0.2) is 0 Å². The smallest absolute Gasteiger partial charge is 0.253 e. The Morgan fingerprint density at radius 3 is 2.55 bits per heavy atom. The fourth-order valence-electron chi connectivity index (χ4n) is 1.98. The predicted octanol–water partition coefficient (Wildman–Crippen LogP) is 3.28. The molecular weight excluding hydrogens is 336 g/mol. The molecule has 106 valence electrons. The maximum absolute atomic E-state index is 12.3. The molecule has 2 N–H and O–H groups in total. The van der Waals surface area contributed by atoms with Crippen LogP contribution in [0.4, 0.5) is 0 Å². The third kappa shape index (κ3) is 3.91. The molecule has 0 bridgehead atoms. The van der Waals surface area contributed by atoms with E-state index in [-0.39, 0.29) is 5.91 Å². The van der Waals surface area contributed by atoms with Gasteiger partial charge in [-0.05, 0) is 63.6 Å². The Balaban J connectivity index is 2.02. The van der Waals surface area contributed by atoms with E-state index in [1.165, 1.54) is 0 Å². The number of benzene rings is 1. The van der Waals surface area contributed by atoms with Crippen molar-refractivity contribution in [3.8, 4) is 0 Å². The fraction of sp³-hybridized carbons (Fsp3) is 0.267. The Labute approximate surface area is 131 Å². The summed E-state index contributed by atoms with van der Waals surface area (Å²) in [5, 5.41) is 2.05. The summed E-state index contributed by atoms with van der Waals surface area (Å²) < 4.78 is 1.08. The van der Waals surface area contributed by atoms with Crippen molar-refractivity contribution in [3.63, 3.8) is 0 Å². The number of hydrogen-bond acceptors (Lipinski definition) is 3. The molecule has 0 aliphatic heterocycles. The van der Waals surface area contributed by atoms with Crippen LogP contribution in [0.2, 0.25) is 0 Å². The van der Waals surface area contributed by atoms with Crippen LogP contribution in [0.5, 0.6) is 0 Å². The lowest BCUT2D eigenvalue weighted by molar-refractivity contribution is 0.0785. The molecule has 1 amide bonds. The number of thiophene rings is 1. The van der Waals surface area contributed by atoms with Crippen molar-refractivity contribution in [2.75, 3.05) is 13.6 Å². The van der Waals surface area contributed by atoms with E-state index in [4.69, 9.17) is 5.73 Å². The fourth-order valence-corrected chi connectivity index (χ4v) is 3.18. The van der Waals surface area contributed by atoms with Crippen molar-refractivity contribution in [3.05, 3.63) is 56.2 Å². The Hall–Kier alpha value is -1.17. The van der Waals surface area contributed by atoms with Crippen LogP contribution in [-0.2, 0) is 13.0 Å². The summed E-state index contributed by atoms with van der Waals surface area (Å²) in [5.74, 6) is 0.0339. The Morgan fingerprint density at radius 2 is 2.00 bits per heavy atom. The zero-order valence-corrected chi connectivity index (χ0v) is 13.7. The average molecular weight is 353 g/mol. The third-order valence-corrected chi connectivity index (χ3v) is 4.58. The molecule has 1 heterocycles. The summed E-state index contributed by atoms with van der Waals surface area (Å²) in [5.41, 5.74) is 8.52. The van der Waals surface area contributed by atoms with Crippen molar-refractivity contribution in [1.29, 1.82) is 0 Å². The topological polar surface area (TPSA) is 46.3 Å². The first kappa shape index (κ1) is 15.2. The van der Waals surface area contributed by atoms with Gasteiger partial charge in [0.1, 0.15) is 0 Å². The maximum Gasteiger partial charge on any atom is 0.253 e. The number of nitrogens with two attached hydrogens (primary N) is 1. The number of halogens is 1. The van der Waals surface area contributed by atoms with Crippen molar-refractivity contribution in [2.45, 2.75) is 13.0 Å². The van der Waals surface area contributed by atoms with Gasteiger partial charge in [0.2, 0.25) is 0 Å². The lowest BCUT2D eigenvalue weighted by Crippen LogP contribution is -2.25. The molecule has 0 saturated heterocycles. The Kier molecular flexibility index (Phi) is 5.34. The second-order valence-electron chi connectivity index (χ2n) is 4.66. The van der Waals surface area contributed by atoms with Crippen LogP contribution in [-0.4, -0.2) is 24.4 Å². The minimum Gasteiger partial charge on any atom is -0.337 e. The first-order chi connectivity index (χ1) is 9.60. The number of carbonyl (C=O) groups is 1. The molecule has 0 atom stereocenters. The van der Waals surface area contributed by atoms with Gasteiger partial charge in [0, 0.05) is 19.2 Å². The second kappa shape index (κ2) is 7.02. The van der Waals surface area contributed by atoms with Gasteiger partial charge >= 0.3 is 0 Å². The summed E-state index contributed by atoms with van der Waals surface area (Å²) in [6.07, 6.45) is 0.841. The zero-order chi connectivity index (χ0) is 14.5. The largest absolute Gasteiger partial charge is 0.337 e. The van der Waals surface area contributed by atoms with E-state index in [9.17, 15) is 4.79 Å². The first-order valence-corrected chi connectivity index (χ1v) is 8.05. The molecule has 1 aromatic heterocycles. The number of carbonyl (C=O) groups excluding carboxylic acids is 1. The second-order valence-corrected chi connectivity index (χ2v) is 6.95. The maximum atomic E-state index is 12.3. The summed E-state index contributed by atoms with van der Waals surface area (Å²) in [4.78, 5) is 14.0. The van der Waals surface area contributed by atoms with Crippen LogP contribution in [0, 0.1) is 0 Å². The molecular formula is C15H17BrN2OS. The molecule has 2 aromatic rings. The lowest BCUT2D eigenvalue weighted by atomic mass is 10.1. The summed E-state index contributed by atoms with van der Waals surface area (Å²) in [6, 6.07) is 9.71. The number of amides is 1. The first-order valence-electron chi connectivity index (χ1n) is 6.37. The highest BCUT2D eigenvalue weighted by Crippen LogP contribution is 2.22. The standard InChI is InChI=1S/C15H17BrN2OS/c1-18(9-12-8-14(16)20-10-12)15(19)13-4-2-11(3-5-13)6-7-17/h2-5,8,10H,6-7,9,17H2,1H3. The molecule has 2 rings (SSSR count). The monoisotopic (exact) mass is 352 g/mol. The van der Waals surface area contributed by atoms with E-state index in [0.717, 1.165) is 21.3 Å². The van der Waals surface area contributed by atoms with Crippen LogP contribution in [0.25, 0.3) is 0 Å². The van der Waals surface area contributed by atoms with Crippen LogP contribution in [0.1, 0.15) is 21.5 Å². The van der Waals surface area contributed by atoms with Gasteiger partial charge in [-0.2, -0.15) is 0 Å². The van der Waals surface area contributed by atoms with Crippen LogP contribution in [0.15, 0.2) is 39.5 Å². The molecule has 1 aromatic carbocycles. The highest BCUT2D eigenvalue weighted by Gasteiger charge is 2.12. The van der Waals surface area contributed by atoms with Gasteiger partial charge < -0.3 is 10.6 Å². The van der Waals surface area contributed by atoms with Gasteiger partial charge in [-0.3, -0.25) is 4.79 Å². The number of rotatable bonds is 5. The highest BCUT2D eigenvalue weighted by molar-refractivity contribution is 9.11. The van der Waals surface area contributed by atoms with Gasteiger partial charge in [0.05, 0.1) is 3.79 Å². The van der Waals surface area contributed by atoms with E-state index in [1.807, 2.05) is 37.4 Å². The van der Waals surface area contributed by atoms with Crippen molar-refractivity contribution < 1.29 is 4.79 Å². The summed E-state index contributed by atoms with van der Waals surface area (Å²) >= 11 is 5.06. The molecule has 0 radical (unpaired) electrons. The van der Waals surface area contributed by atoms with Gasteiger partial charge in [0.25, 0.3) is 5.91 Å². The summed E-state index contributed by atoms with van der Waals surface area (Å²) in [7, 11) is 1.82. The lowest BCUT2D eigenvalue weighted by Gasteiger charge is -2.16. The molecule has 0 aliphatic rings. The minimum absolute atomic E-state index is 0.0339. The Bertz CT molecular complexity index is 580. The van der Waals surface area contributed by atoms with Crippen LogP contribution in [0.3, 0.4) is 0 Å². The quantitative estimate of drug-likeness (QED) is 0.897.